The van der Waals surface area contributed by atoms with Crippen LogP contribution in [0, 0.1) is 0 Å². The average molecular weight is 282 g/mol. The molecule has 2 atom stereocenters. The number of amides is 1. The van der Waals surface area contributed by atoms with Crippen molar-refractivity contribution in [1.29, 1.82) is 0 Å². The summed E-state index contributed by atoms with van der Waals surface area (Å²) in [6.45, 7) is 6.98. The van der Waals surface area contributed by atoms with E-state index in [2.05, 4.69) is 24.1 Å². The van der Waals surface area contributed by atoms with Crippen LogP contribution in [0.1, 0.15) is 49.7 Å². The van der Waals surface area contributed by atoms with Crippen LogP contribution in [0.3, 0.4) is 0 Å². The lowest BCUT2D eigenvalue weighted by Gasteiger charge is -2.38. The summed E-state index contributed by atoms with van der Waals surface area (Å²) >= 11 is 1.35. The van der Waals surface area contributed by atoms with Gasteiger partial charge in [0.05, 0.1) is 0 Å². The fourth-order valence-corrected chi connectivity index (χ4v) is 3.55. The molecular weight excluding hydrogens is 260 g/mol. The number of carbonyl (C=O) groups excluding carboxylic acids is 1. The van der Waals surface area contributed by atoms with Crippen LogP contribution < -0.4 is 11.1 Å². The van der Waals surface area contributed by atoms with E-state index in [0.29, 0.717) is 10.7 Å². The number of aromatic nitrogens is 1. The number of nitrogen functional groups attached to an aromatic ring is 1. The van der Waals surface area contributed by atoms with Crippen LogP contribution in [0.4, 0.5) is 10.9 Å². The molecule has 106 valence electrons. The van der Waals surface area contributed by atoms with Gasteiger partial charge in [-0.05, 0) is 40.0 Å². The van der Waals surface area contributed by atoms with E-state index in [0.717, 1.165) is 24.5 Å². The SMILES string of the molecule is CCNc1nc(N)c(C(=O)N2C(C)CCCC2C)s1. The summed E-state index contributed by atoms with van der Waals surface area (Å²) < 4.78 is 0. The number of thiazole rings is 1. The Morgan fingerprint density at radius 2 is 2.11 bits per heavy atom. The molecular formula is C13H22N4OS. The van der Waals surface area contributed by atoms with E-state index in [9.17, 15) is 4.79 Å². The number of hydrogen-bond donors (Lipinski definition) is 2. The normalized spacial score (nSPS) is 23.4. The first kappa shape index (κ1) is 14.1. The Hall–Kier alpha value is -1.30. The molecule has 1 aromatic heterocycles. The molecule has 0 aromatic carbocycles. The summed E-state index contributed by atoms with van der Waals surface area (Å²) in [5, 5.41) is 3.83. The minimum atomic E-state index is 0.0267. The van der Waals surface area contributed by atoms with Gasteiger partial charge in [0.15, 0.2) is 5.13 Å². The quantitative estimate of drug-likeness (QED) is 0.894. The minimum Gasteiger partial charge on any atom is -0.382 e. The van der Waals surface area contributed by atoms with Crippen molar-refractivity contribution in [3.8, 4) is 0 Å². The van der Waals surface area contributed by atoms with Gasteiger partial charge in [-0.15, -0.1) is 0 Å². The van der Waals surface area contributed by atoms with E-state index in [4.69, 9.17) is 5.73 Å². The number of likely N-dealkylation sites (tertiary alicyclic amines) is 1. The van der Waals surface area contributed by atoms with Crippen molar-refractivity contribution < 1.29 is 4.79 Å². The van der Waals surface area contributed by atoms with Crippen molar-refractivity contribution in [2.24, 2.45) is 0 Å². The van der Waals surface area contributed by atoms with E-state index in [1.54, 1.807) is 0 Å². The summed E-state index contributed by atoms with van der Waals surface area (Å²) in [6, 6.07) is 0.556. The Labute approximate surface area is 118 Å². The second kappa shape index (κ2) is 5.77. The molecule has 0 aliphatic carbocycles. The maximum atomic E-state index is 12.6. The predicted molar refractivity (Wildman–Crippen MR) is 79.6 cm³/mol. The van der Waals surface area contributed by atoms with Gasteiger partial charge in [0, 0.05) is 18.6 Å². The zero-order valence-corrected chi connectivity index (χ0v) is 12.6. The summed E-state index contributed by atoms with van der Waals surface area (Å²) in [6.07, 6.45) is 3.32. The van der Waals surface area contributed by atoms with Crippen molar-refractivity contribution >= 4 is 28.2 Å². The Kier molecular flexibility index (Phi) is 4.29. The molecule has 0 spiro atoms. The van der Waals surface area contributed by atoms with Crippen LogP contribution in [0.5, 0.6) is 0 Å². The van der Waals surface area contributed by atoms with Gasteiger partial charge in [-0.1, -0.05) is 11.3 Å². The maximum absolute atomic E-state index is 12.6. The van der Waals surface area contributed by atoms with Crippen LogP contribution in [0.25, 0.3) is 0 Å². The molecule has 2 unspecified atom stereocenters. The maximum Gasteiger partial charge on any atom is 0.268 e. The Balaban J connectivity index is 2.22. The van der Waals surface area contributed by atoms with Crippen molar-refractivity contribution in [1.82, 2.24) is 9.88 Å². The van der Waals surface area contributed by atoms with Gasteiger partial charge in [0.2, 0.25) is 0 Å². The van der Waals surface area contributed by atoms with Crippen LogP contribution in [0.15, 0.2) is 0 Å². The highest BCUT2D eigenvalue weighted by Gasteiger charge is 2.32. The summed E-state index contributed by atoms with van der Waals surface area (Å²) in [4.78, 5) is 19.4. The monoisotopic (exact) mass is 282 g/mol. The fourth-order valence-electron chi connectivity index (χ4n) is 2.65. The molecule has 3 N–H and O–H groups in total. The van der Waals surface area contributed by atoms with Gasteiger partial charge >= 0.3 is 0 Å². The number of piperidine rings is 1. The fraction of sp³-hybridized carbons (Fsp3) is 0.692. The second-order valence-electron chi connectivity index (χ2n) is 5.11. The highest BCUT2D eigenvalue weighted by Crippen LogP contribution is 2.30. The van der Waals surface area contributed by atoms with Gasteiger partial charge in [-0.2, -0.15) is 0 Å². The highest BCUT2D eigenvalue weighted by molar-refractivity contribution is 7.18. The van der Waals surface area contributed by atoms with E-state index in [1.807, 2.05) is 11.8 Å². The highest BCUT2D eigenvalue weighted by atomic mass is 32.1. The number of anilines is 2. The molecule has 1 aromatic rings. The molecule has 2 rings (SSSR count). The van der Waals surface area contributed by atoms with Crippen molar-refractivity contribution in [3.63, 3.8) is 0 Å². The Morgan fingerprint density at radius 3 is 2.68 bits per heavy atom. The molecule has 0 bridgehead atoms. The molecule has 2 heterocycles. The Bertz CT molecular complexity index is 449. The first-order chi connectivity index (χ1) is 9.04. The van der Waals surface area contributed by atoms with Crippen molar-refractivity contribution in [2.45, 2.75) is 52.1 Å². The number of nitrogens with one attached hydrogen (secondary N) is 1. The number of nitrogens with two attached hydrogens (primary N) is 1. The van der Waals surface area contributed by atoms with E-state index in [-0.39, 0.29) is 18.0 Å². The molecule has 1 aliphatic rings. The third-order valence-corrected chi connectivity index (χ3v) is 4.62. The largest absolute Gasteiger partial charge is 0.382 e. The van der Waals surface area contributed by atoms with E-state index in [1.165, 1.54) is 17.8 Å². The zero-order chi connectivity index (χ0) is 14.0. The number of rotatable bonds is 3. The first-order valence-corrected chi connectivity index (χ1v) is 7.69. The summed E-state index contributed by atoms with van der Waals surface area (Å²) in [5.41, 5.74) is 5.88. The molecule has 0 saturated carbocycles. The second-order valence-corrected chi connectivity index (χ2v) is 6.10. The molecule has 0 radical (unpaired) electrons. The van der Waals surface area contributed by atoms with Gasteiger partial charge < -0.3 is 16.0 Å². The lowest BCUT2D eigenvalue weighted by atomic mass is 9.97. The minimum absolute atomic E-state index is 0.0267. The lowest BCUT2D eigenvalue weighted by Crippen LogP contribution is -2.47. The standard InChI is InChI=1S/C13H22N4OS/c1-4-15-13-16-11(14)10(19-13)12(18)17-8(2)6-5-7-9(17)3/h8-9H,4-7,14H2,1-3H3,(H,15,16). The molecule has 1 fully saturated rings. The van der Waals surface area contributed by atoms with Crippen LogP contribution in [-0.2, 0) is 0 Å². The van der Waals surface area contributed by atoms with Gasteiger partial charge in [-0.25, -0.2) is 4.98 Å². The average Bonchev–Trinajstić information content (AvgIpc) is 2.70. The molecule has 1 amide bonds. The topological polar surface area (TPSA) is 71.2 Å². The predicted octanol–water partition coefficient (Wildman–Crippen LogP) is 2.56. The first-order valence-electron chi connectivity index (χ1n) is 6.87. The van der Waals surface area contributed by atoms with Crippen molar-refractivity contribution in [3.05, 3.63) is 4.88 Å². The molecule has 19 heavy (non-hydrogen) atoms. The van der Waals surface area contributed by atoms with Crippen molar-refractivity contribution in [2.75, 3.05) is 17.6 Å². The van der Waals surface area contributed by atoms with Gasteiger partial charge in [0.25, 0.3) is 5.91 Å². The molecule has 5 nitrogen and oxygen atoms in total. The van der Waals surface area contributed by atoms with Gasteiger partial charge in [-0.3, -0.25) is 4.79 Å². The molecule has 1 saturated heterocycles. The zero-order valence-electron chi connectivity index (χ0n) is 11.8. The Morgan fingerprint density at radius 1 is 1.47 bits per heavy atom. The lowest BCUT2D eigenvalue weighted by molar-refractivity contribution is 0.0516. The van der Waals surface area contributed by atoms with Crippen LogP contribution >= 0.6 is 11.3 Å². The van der Waals surface area contributed by atoms with E-state index < -0.39 is 0 Å². The molecule has 1 aliphatic heterocycles. The smallest absolute Gasteiger partial charge is 0.268 e. The number of carbonyl (C=O) groups is 1. The number of hydrogen-bond acceptors (Lipinski definition) is 5. The third-order valence-electron chi connectivity index (χ3n) is 3.60. The van der Waals surface area contributed by atoms with Gasteiger partial charge in [0.1, 0.15) is 10.7 Å². The third kappa shape index (κ3) is 2.83. The van der Waals surface area contributed by atoms with Crippen LogP contribution in [-0.4, -0.2) is 34.4 Å². The van der Waals surface area contributed by atoms with E-state index >= 15 is 0 Å². The molecule has 6 heteroatoms. The summed E-state index contributed by atoms with van der Waals surface area (Å²) in [5.74, 6) is 0.370. The van der Waals surface area contributed by atoms with Crippen LogP contribution in [0.2, 0.25) is 0 Å². The number of nitrogens with zero attached hydrogens (tertiary/aromatic N) is 2. The summed E-state index contributed by atoms with van der Waals surface area (Å²) in [7, 11) is 0.